The number of carbonyl (C=O) groups excluding carboxylic acids is 2. The van der Waals surface area contributed by atoms with Gasteiger partial charge in [0.1, 0.15) is 22.4 Å². The summed E-state index contributed by atoms with van der Waals surface area (Å²) in [4.78, 5) is 70.3. The predicted molar refractivity (Wildman–Crippen MR) is 207 cm³/mol. The predicted octanol–water partition coefficient (Wildman–Crippen LogP) is 6.08. The molecule has 2 aliphatic rings. The fourth-order valence-corrected chi connectivity index (χ4v) is 7.72. The summed E-state index contributed by atoms with van der Waals surface area (Å²) in [7, 11) is 4.78. The largest absolute Gasteiger partial charge is 0.477 e. The van der Waals surface area contributed by atoms with Gasteiger partial charge in [-0.1, -0.05) is 0 Å². The number of fused-ring (bicyclic) bond motifs is 5. The van der Waals surface area contributed by atoms with Crippen molar-refractivity contribution in [3.8, 4) is 11.1 Å². The molecule has 17 heteroatoms. The summed E-state index contributed by atoms with van der Waals surface area (Å²) < 4.78 is 44.2. The summed E-state index contributed by atoms with van der Waals surface area (Å²) in [5, 5.41) is 11.1. The molecule has 1 aromatic carbocycles. The minimum absolute atomic E-state index is 0.0124. The highest BCUT2D eigenvalue weighted by molar-refractivity contribution is 6.19. The quantitative estimate of drug-likeness (QED) is 0.212. The van der Waals surface area contributed by atoms with Gasteiger partial charge < -0.3 is 29.4 Å². The number of amides is 2. The van der Waals surface area contributed by atoms with Gasteiger partial charge in [0, 0.05) is 75.6 Å². The summed E-state index contributed by atoms with van der Waals surface area (Å²) in [6, 6.07) is 2.38. The zero-order valence-electron chi connectivity index (χ0n) is 32.7. The van der Waals surface area contributed by atoms with Gasteiger partial charge in [-0.3, -0.25) is 9.69 Å². The Labute approximate surface area is 320 Å². The van der Waals surface area contributed by atoms with E-state index in [-0.39, 0.29) is 50.6 Å². The Morgan fingerprint density at radius 1 is 0.964 bits per heavy atom. The Kier molecular flexibility index (Phi) is 9.21. The Bertz CT molecular complexity index is 2520. The number of benzene rings is 1. The minimum Gasteiger partial charge on any atom is -0.477 e. The number of aromatic amines is 1. The van der Waals surface area contributed by atoms with Crippen LogP contribution in [0.1, 0.15) is 58.3 Å². The molecule has 0 aliphatic carbocycles. The van der Waals surface area contributed by atoms with E-state index in [0.717, 1.165) is 39.8 Å². The zero-order valence-corrected chi connectivity index (χ0v) is 32.7. The van der Waals surface area contributed by atoms with Gasteiger partial charge in [-0.2, -0.15) is 0 Å². The van der Waals surface area contributed by atoms with Crippen LogP contribution in [0.3, 0.4) is 0 Å². The van der Waals surface area contributed by atoms with Gasteiger partial charge in [0.05, 0.1) is 33.1 Å². The Morgan fingerprint density at radius 2 is 1.64 bits per heavy atom. The SMILES string of the molecule is CN1CC2CCN(c3c(-c4cnc5c(c4)c(=O)c(C(=O)O)cn5N(C)C(=O)OC(C)(C)C)cnc4[nH]c5c(N(C)C(=O)OC(C)(C)C)cc(F)c(F)c5c34)[C@H]2C1. The first kappa shape index (κ1) is 38.4. The van der Waals surface area contributed by atoms with Gasteiger partial charge in [-0.15, -0.1) is 0 Å². The van der Waals surface area contributed by atoms with Gasteiger partial charge in [-0.25, -0.2) is 42.8 Å². The van der Waals surface area contributed by atoms with Crippen molar-refractivity contribution in [1.29, 1.82) is 0 Å². The Balaban J connectivity index is 1.50. The van der Waals surface area contributed by atoms with Crippen LogP contribution in [0.15, 0.2) is 35.5 Å². The second-order valence-corrected chi connectivity index (χ2v) is 16.5. The third-order valence-corrected chi connectivity index (χ3v) is 10.1. The van der Waals surface area contributed by atoms with Crippen molar-refractivity contribution in [1.82, 2.24) is 24.5 Å². The molecular formula is C39H44F2N8O7. The van der Waals surface area contributed by atoms with Crippen LogP contribution in [0.25, 0.3) is 44.1 Å². The smallest absolute Gasteiger partial charge is 0.429 e. The number of anilines is 2. The highest BCUT2D eigenvalue weighted by atomic mass is 19.2. The maximum absolute atomic E-state index is 16.3. The Hall–Kier alpha value is -5.84. The second kappa shape index (κ2) is 13.4. The molecule has 7 rings (SSSR count). The zero-order chi connectivity index (χ0) is 40.8. The molecule has 2 aliphatic heterocycles. The number of H-pyrrole nitrogens is 1. The number of carbonyl (C=O) groups is 3. The van der Waals surface area contributed by atoms with Crippen molar-refractivity contribution in [2.75, 3.05) is 55.6 Å². The fourth-order valence-electron chi connectivity index (χ4n) is 7.72. The van der Waals surface area contributed by atoms with E-state index in [0.29, 0.717) is 29.9 Å². The summed E-state index contributed by atoms with van der Waals surface area (Å²) in [5.74, 6) is -3.58. The monoisotopic (exact) mass is 774 g/mol. The van der Waals surface area contributed by atoms with Crippen LogP contribution < -0.4 is 20.2 Å². The van der Waals surface area contributed by atoms with E-state index >= 15 is 8.78 Å². The average molecular weight is 775 g/mol. The molecule has 6 heterocycles. The molecule has 2 N–H and O–H groups in total. The number of pyridine rings is 3. The molecule has 15 nitrogen and oxygen atoms in total. The molecule has 2 saturated heterocycles. The van der Waals surface area contributed by atoms with Crippen molar-refractivity contribution in [3.05, 3.63) is 58.1 Å². The van der Waals surface area contributed by atoms with Gasteiger partial charge in [0.25, 0.3) is 0 Å². The molecule has 2 fully saturated rings. The van der Waals surface area contributed by atoms with E-state index < -0.39 is 52.0 Å². The van der Waals surface area contributed by atoms with Crippen LogP contribution in [-0.4, -0.2) is 106 Å². The lowest BCUT2D eigenvalue weighted by atomic mass is 9.99. The number of aromatic carboxylic acids is 1. The van der Waals surface area contributed by atoms with Crippen LogP contribution >= 0.6 is 0 Å². The van der Waals surface area contributed by atoms with Crippen molar-refractivity contribution < 1.29 is 37.7 Å². The topological polar surface area (TPSA) is 166 Å². The Morgan fingerprint density at radius 3 is 2.30 bits per heavy atom. The molecule has 56 heavy (non-hydrogen) atoms. The number of halogens is 2. The normalized spacial score (nSPS) is 17.5. The van der Waals surface area contributed by atoms with Gasteiger partial charge in [-0.05, 0) is 67.0 Å². The van der Waals surface area contributed by atoms with Gasteiger partial charge in [0.15, 0.2) is 17.3 Å². The van der Waals surface area contributed by atoms with Gasteiger partial charge >= 0.3 is 18.2 Å². The maximum atomic E-state index is 16.3. The number of rotatable bonds is 5. The van der Waals surface area contributed by atoms with Crippen molar-refractivity contribution in [2.24, 2.45) is 5.92 Å². The molecule has 0 spiro atoms. The molecule has 4 aromatic heterocycles. The van der Waals surface area contributed by atoms with Crippen LogP contribution in [0.2, 0.25) is 0 Å². The number of likely N-dealkylation sites (tertiary alicyclic amines) is 1. The maximum Gasteiger partial charge on any atom is 0.429 e. The second-order valence-electron chi connectivity index (χ2n) is 16.5. The standard InChI is InChI=1S/C39H44F2N8O7/c1-38(2,3)55-36(53)46(8)25-13-24(40)29(41)27-28-31(48-11-10-19-16-45(7)18-26(19)48)22(15-42-33(28)44-30(25)27)20-12-21-32(50)23(35(51)52)17-49(34(21)43-14-20)47(9)37(54)56-39(4,5)6/h12-15,17,19,26H,10-11,16,18H2,1-9H3,(H,42,44)(H,51,52)/t19?,26-/m0/s1. The van der Waals surface area contributed by atoms with Crippen LogP contribution in [-0.2, 0) is 9.47 Å². The first-order valence-corrected chi connectivity index (χ1v) is 18.2. The lowest BCUT2D eigenvalue weighted by Crippen LogP contribution is -2.42. The van der Waals surface area contributed by atoms with E-state index in [1.807, 2.05) is 7.05 Å². The number of ether oxygens (including phenoxy) is 2. The van der Waals surface area contributed by atoms with E-state index in [2.05, 4.69) is 24.8 Å². The highest BCUT2D eigenvalue weighted by Crippen LogP contribution is 2.47. The molecule has 1 unspecified atom stereocenters. The van der Waals surface area contributed by atoms with Crippen LogP contribution in [0.4, 0.5) is 29.7 Å². The number of aromatic nitrogens is 4. The minimum atomic E-state index is -1.52. The molecule has 0 radical (unpaired) electrons. The number of nitrogens with one attached hydrogen (secondary N) is 1. The third kappa shape index (κ3) is 6.62. The molecular weight excluding hydrogens is 730 g/mol. The molecule has 0 bridgehead atoms. The molecule has 2 amide bonds. The summed E-state index contributed by atoms with van der Waals surface area (Å²) in [5.41, 5.74) is -1.61. The van der Waals surface area contributed by atoms with E-state index in [1.54, 1.807) is 47.7 Å². The lowest BCUT2D eigenvalue weighted by Gasteiger charge is -2.29. The fraction of sp³-hybridized carbons (Fsp3) is 0.436. The number of likely N-dealkylation sites (N-methyl/N-ethyl adjacent to an activating group) is 1. The number of carboxylic acids is 1. The van der Waals surface area contributed by atoms with Crippen molar-refractivity contribution >= 4 is 62.5 Å². The summed E-state index contributed by atoms with van der Waals surface area (Å²) in [6.45, 7) is 12.2. The molecule has 0 saturated carbocycles. The first-order valence-electron chi connectivity index (χ1n) is 18.2. The van der Waals surface area contributed by atoms with Crippen molar-refractivity contribution in [2.45, 2.75) is 65.2 Å². The summed E-state index contributed by atoms with van der Waals surface area (Å²) in [6.07, 6.45) is 3.23. The third-order valence-electron chi connectivity index (χ3n) is 10.1. The van der Waals surface area contributed by atoms with E-state index in [4.69, 9.17) is 9.47 Å². The van der Waals surface area contributed by atoms with Crippen LogP contribution in [0, 0.1) is 17.6 Å². The number of carboxylic acid groups (broad SMARTS) is 1. The lowest BCUT2D eigenvalue weighted by molar-refractivity contribution is 0.0547. The van der Waals surface area contributed by atoms with E-state index in [9.17, 15) is 24.3 Å². The average Bonchev–Trinajstić information content (AvgIpc) is 3.79. The summed E-state index contributed by atoms with van der Waals surface area (Å²) >= 11 is 0. The van der Waals surface area contributed by atoms with Crippen LogP contribution in [0.5, 0.6) is 0 Å². The van der Waals surface area contributed by atoms with E-state index in [1.165, 1.54) is 26.4 Å². The number of nitrogens with zero attached hydrogens (tertiary/aromatic N) is 7. The van der Waals surface area contributed by atoms with Crippen molar-refractivity contribution in [3.63, 3.8) is 0 Å². The first-order chi connectivity index (χ1) is 26.1. The molecule has 296 valence electrons. The molecule has 5 aromatic rings. The highest BCUT2D eigenvalue weighted by Gasteiger charge is 2.42. The van der Waals surface area contributed by atoms with Gasteiger partial charge in [0.2, 0.25) is 5.43 Å². The number of hydrogen-bond donors (Lipinski definition) is 2. The number of hydrogen-bond acceptors (Lipinski definition) is 10. The molecule has 2 atom stereocenters.